The van der Waals surface area contributed by atoms with Gasteiger partial charge >= 0.3 is 0 Å². The standard InChI is InChI=1S/C22H29N3O4S/c1-29-22-11-10-18(17-20(22)23-30(2,27)28)21(26)9-6-12-24-13-15-25(16-14-24)19-7-4-3-5-8-19/h3-5,7-8,10-11,17,23H,6,9,12-16H2,1-2H3. The lowest BCUT2D eigenvalue weighted by Gasteiger charge is -2.36. The molecule has 0 aromatic heterocycles. The van der Waals surface area contributed by atoms with E-state index in [9.17, 15) is 13.2 Å². The summed E-state index contributed by atoms with van der Waals surface area (Å²) in [5.41, 5.74) is 2.02. The second-order valence-electron chi connectivity index (χ2n) is 7.48. The van der Waals surface area contributed by atoms with Crippen LogP contribution in [0.25, 0.3) is 0 Å². The van der Waals surface area contributed by atoms with Crippen LogP contribution in [-0.4, -0.2) is 65.2 Å². The molecule has 8 heteroatoms. The van der Waals surface area contributed by atoms with Crippen LogP contribution >= 0.6 is 0 Å². The first-order valence-corrected chi connectivity index (χ1v) is 12.0. The number of carbonyl (C=O) groups excluding carboxylic acids is 1. The summed E-state index contributed by atoms with van der Waals surface area (Å²) in [7, 11) is -2.00. The largest absolute Gasteiger partial charge is 0.495 e. The second kappa shape index (κ2) is 9.95. The van der Waals surface area contributed by atoms with Crippen molar-refractivity contribution in [2.45, 2.75) is 12.8 Å². The van der Waals surface area contributed by atoms with Crippen LogP contribution in [0, 0.1) is 0 Å². The average molecular weight is 432 g/mol. The highest BCUT2D eigenvalue weighted by Gasteiger charge is 2.18. The lowest BCUT2D eigenvalue weighted by atomic mass is 10.1. The minimum atomic E-state index is -3.46. The van der Waals surface area contributed by atoms with Gasteiger partial charge in [0.05, 0.1) is 19.1 Å². The molecular weight excluding hydrogens is 402 g/mol. The Balaban J connectivity index is 1.49. The van der Waals surface area contributed by atoms with Gasteiger partial charge in [0.15, 0.2) is 5.78 Å². The molecule has 0 spiro atoms. The second-order valence-corrected chi connectivity index (χ2v) is 9.23. The third kappa shape index (κ3) is 6.21. The summed E-state index contributed by atoms with van der Waals surface area (Å²) in [5, 5.41) is 0. The molecule has 0 radical (unpaired) electrons. The molecule has 1 heterocycles. The highest BCUT2D eigenvalue weighted by atomic mass is 32.2. The maximum atomic E-state index is 12.6. The van der Waals surface area contributed by atoms with Gasteiger partial charge < -0.3 is 9.64 Å². The number of piperazine rings is 1. The van der Waals surface area contributed by atoms with Gasteiger partial charge in [0, 0.05) is 43.9 Å². The van der Waals surface area contributed by atoms with Crippen molar-refractivity contribution in [2.75, 3.05) is 55.7 Å². The minimum Gasteiger partial charge on any atom is -0.495 e. The molecule has 3 rings (SSSR count). The zero-order valence-electron chi connectivity index (χ0n) is 17.5. The van der Waals surface area contributed by atoms with Crippen molar-refractivity contribution < 1.29 is 17.9 Å². The number of ether oxygens (including phenoxy) is 1. The number of benzene rings is 2. The molecule has 162 valence electrons. The molecule has 7 nitrogen and oxygen atoms in total. The van der Waals surface area contributed by atoms with Crippen LogP contribution in [0.15, 0.2) is 48.5 Å². The first kappa shape index (κ1) is 22.1. The summed E-state index contributed by atoms with van der Waals surface area (Å²) >= 11 is 0. The van der Waals surface area contributed by atoms with Gasteiger partial charge in [-0.05, 0) is 43.3 Å². The lowest BCUT2D eigenvalue weighted by molar-refractivity contribution is 0.0974. The maximum Gasteiger partial charge on any atom is 0.229 e. The van der Waals surface area contributed by atoms with Crippen LogP contribution in [0.5, 0.6) is 5.75 Å². The molecule has 0 atom stereocenters. The molecule has 2 aromatic carbocycles. The normalized spacial score (nSPS) is 15.1. The Kier molecular flexibility index (Phi) is 7.33. The third-order valence-corrected chi connectivity index (χ3v) is 5.78. The molecular formula is C22H29N3O4S. The predicted molar refractivity (Wildman–Crippen MR) is 120 cm³/mol. The summed E-state index contributed by atoms with van der Waals surface area (Å²) in [6.45, 7) is 4.80. The number of ketones is 1. The van der Waals surface area contributed by atoms with E-state index in [1.165, 1.54) is 12.8 Å². The molecule has 1 fully saturated rings. The number of hydrogen-bond acceptors (Lipinski definition) is 6. The van der Waals surface area contributed by atoms with Gasteiger partial charge in [0.25, 0.3) is 0 Å². The SMILES string of the molecule is COc1ccc(C(=O)CCCN2CCN(c3ccccc3)CC2)cc1NS(C)(=O)=O. The summed E-state index contributed by atoms with van der Waals surface area (Å²) in [6, 6.07) is 15.2. The molecule has 1 aliphatic rings. The molecule has 0 aliphatic carbocycles. The lowest BCUT2D eigenvalue weighted by Crippen LogP contribution is -2.46. The van der Waals surface area contributed by atoms with Crippen LogP contribution in [0.3, 0.4) is 0 Å². The monoisotopic (exact) mass is 431 g/mol. The number of nitrogens with zero attached hydrogens (tertiary/aromatic N) is 2. The maximum absolute atomic E-state index is 12.6. The number of anilines is 2. The summed E-state index contributed by atoms with van der Waals surface area (Å²) in [6.07, 6.45) is 2.26. The van der Waals surface area contributed by atoms with Crippen LogP contribution in [0.4, 0.5) is 11.4 Å². The van der Waals surface area contributed by atoms with Gasteiger partial charge in [-0.15, -0.1) is 0 Å². The van der Waals surface area contributed by atoms with Gasteiger partial charge in [-0.25, -0.2) is 8.42 Å². The molecule has 0 saturated carbocycles. The Hall–Kier alpha value is -2.58. The smallest absolute Gasteiger partial charge is 0.229 e. The van der Waals surface area contributed by atoms with Gasteiger partial charge in [0.2, 0.25) is 10.0 Å². The molecule has 2 aromatic rings. The van der Waals surface area contributed by atoms with Gasteiger partial charge in [0.1, 0.15) is 5.75 Å². The number of nitrogens with one attached hydrogen (secondary N) is 1. The van der Waals surface area contributed by atoms with Gasteiger partial charge in [-0.3, -0.25) is 14.4 Å². The van der Waals surface area contributed by atoms with Gasteiger partial charge in [-0.1, -0.05) is 18.2 Å². The Bertz CT molecular complexity index is 956. The van der Waals surface area contributed by atoms with E-state index in [0.29, 0.717) is 17.7 Å². The van der Waals surface area contributed by atoms with Crippen LogP contribution in [0.1, 0.15) is 23.2 Å². The Morgan fingerprint density at radius 3 is 2.40 bits per heavy atom. The van der Waals surface area contributed by atoms with Crippen LogP contribution in [-0.2, 0) is 10.0 Å². The fourth-order valence-electron chi connectivity index (χ4n) is 3.64. The third-order valence-electron chi connectivity index (χ3n) is 5.19. The fraction of sp³-hybridized carbons (Fsp3) is 0.409. The van der Waals surface area contributed by atoms with E-state index in [4.69, 9.17) is 4.74 Å². The summed E-state index contributed by atoms with van der Waals surface area (Å²) < 4.78 is 30.7. The zero-order chi connectivity index (χ0) is 21.6. The zero-order valence-corrected chi connectivity index (χ0v) is 18.3. The fourth-order valence-corrected chi connectivity index (χ4v) is 4.20. The van der Waals surface area contributed by atoms with Crippen LogP contribution in [0.2, 0.25) is 0 Å². The number of para-hydroxylation sites is 1. The highest BCUT2D eigenvalue weighted by Crippen LogP contribution is 2.27. The molecule has 30 heavy (non-hydrogen) atoms. The van der Waals surface area contributed by atoms with Crippen molar-refractivity contribution >= 4 is 27.2 Å². The molecule has 0 unspecified atom stereocenters. The highest BCUT2D eigenvalue weighted by molar-refractivity contribution is 7.92. The van der Waals surface area contributed by atoms with E-state index in [1.807, 2.05) is 6.07 Å². The molecule has 1 aliphatic heterocycles. The minimum absolute atomic E-state index is 0.00266. The molecule has 1 saturated heterocycles. The van der Waals surface area contributed by atoms with Crippen LogP contribution < -0.4 is 14.4 Å². The quantitative estimate of drug-likeness (QED) is 0.615. The number of carbonyl (C=O) groups is 1. The first-order chi connectivity index (χ1) is 14.4. The molecule has 1 N–H and O–H groups in total. The van der Waals surface area contributed by atoms with E-state index in [-0.39, 0.29) is 11.5 Å². The molecule has 0 amide bonds. The predicted octanol–water partition coefficient (Wildman–Crippen LogP) is 2.85. The van der Waals surface area contributed by atoms with Crippen molar-refractivity contribution in [1.29, 1.82) is 0 Å². The molecule has 0 bridgehead atoms. The van der Waals surface area contributed by atoms with Crippen molar-refractivity contribution in [3.8, 4) is 5.75 Å². The number of Topliss-reactive ketones (excluding diaryl/α,β-unsaturated/α-hetero) is 1. The summed E-state index contributed by atoms with van der Waals surface area (Å²) in [5.74, 6) is 0.380. The number of rotatable bonds is 9. The van der Waals surface area contributed by atoms with Gasteiger partial charge in [-0.2, -0.15) is 0 Å². The topological polar surface area (TPSA) is 79.0 Å². The van der Waals surface area contributed by atoms with Crippen molar-refractivity contribution in [3.05, 3.63) is 54.1 Å². The van der Waals surface area contributed by atoms with E-state index in [1.54, 1.807) is 18.2 Å². The van der Waals surface area contributed by atoms with E-state index < -0.39 is 10.0 Å². The van der Waals surface area contributed by atoms with Crippen molar-refractivity contribution in [1.82, 2.24) is 4.90 Å². The summed E-state index contributed by atoms with van der Waals surface area (Å²) in [4.78, 5) is 17.4. The first-order valence-electron chi connectivity index (χ1n) is 10.1. The Morgan fingerprint density at radius 1 is 1.07 bits per heavy atom. The number of methoxy groups -OCH3 is 1. The Morgan fingerprint density at radius 2 is 1.77 bits per heavy atom. The van der Waals surface area contributed by atoms with Crippen molar-refractivity contribution in [2.24, 2.45) is 0 Å². The van der Waals surface area contributed by atoms with E-state index in [2.05, 4.69) is 38.8 Å². The van der Waals surface area contributed by atoms with E-state index >= 15 is 0 Å². The number of sulfonamides is 1. The average Bonchev–Trinajstić information content (AvgIpc) is 2.73. The Labute approximate surface area is 178 Å². The van der Waals surface area contributed by atoms with E-state index in [0.717, 1.165) is 45.4 Å². The van der Waals surface area contributed by atoms with Crippen molar-refractivity contribution in [3.63, 3.8) is 0 Å². The number of hydrogen-bond donors (Lipinski definition) is 1.